The molecule has 0 bridgehead atoms. The van der Waals surface area contributed by atoms with Crippen LogP contribution in [-0.2, 0) is 0 Å². The van der Waals surface area contributed by atoms with Gasteiger partial charge >= 0.3 is 6.18 Å². The Morgan fingerprint density at radius 2 is 1.94 bits per heavy atom. The number of fused-ring (bicyclic) bond motifs is 2. The Labute approximate surface area is 189 Å². The Morgan fingerprint density at radius 3 is 2.69 bits per heavy atom. The summed E-state index contributed by atoms with van der Waals surface area (Å²) >= 11 is 7.75. The molecule has 0 unspecified atom stereocenters. The van der Waals surface area contributed by atoms with E-state index in [1.165, 1.54) is 11.3 Å². The first-order chi connectivity index (χ1) is 15.3. The van der Waals surface area contributed by atoms with E-state index >= 15 is 0 Å². The van der Waals surface area contributed by atoms with Crippen molar-refractivity contribution >= 4 is 51.1 Å². The first kappa shape index (κ1) is 20.8. The summed E-state index contributed by atoms with van der Waals surface area (Å²) in [6.45, 7) is 0. The third-order valence-electron chi connectivity index (χ3n) is 5.44. The van der Waals surface area contributed by atoms with Crippen molar-refractivity contribution in [3.63, 3.8) is 0 Å². The van der Waals surface area contributed by atoms with Gasteiger partial charge in [-0.1, -0.05) is 54.1 Å². The molecule has 0 radical (unpaired) electrons. The van der Waals surface area contributed by atoms with Crippen LogP contribution in [0.3, 0.4) is 0 Å². The van der Waals surface area contributed by atoms with Crippen molar-refractivity contribution in [1.82, 2.24) is 9.78 Å². The second kappa shape index (κ2) is 7.83. The van der Waals surface area contributed by atoms with Gasteiger partial charge in [0.05, 0.1) is 6.04 Å². The second-order valence-electron chi connectivity index (χ2n) is 7.44. The van der Waals surface area contributed by atoms with E-state index in [0.717, 1.165) is 20.3 Å². The Kier molecular flexibility index (Phi) is 5.10. The fraction of sp³-hybridized carbons (Fsp3) is 0.182. The molecule has 0 aliphatic carbocycles. The smallest absolute Gasteiger partial charge is 0.361 e. The zero-order valence-corrected chi connectivity index (χ0v) is 17.9. The topological polar surface area (TPSA) is 59.0 Å². The average Bonchev–Trinajstić information content (AvgIpc) is 3.41. The summed E-state index contributed by atoms with van der Waals surface area (Å²) in [5, 5.41) is 13.1. The molecular formula is C22H16ClF3N4OS. The lowest BCUT2D eigenvalue weighted by Gasteiger charge is -2.32. The predicted octanol–water partition coefficient (Wildman–Crippen LogP) is 6.66. The molecule has 1 aliphatic heterocycles. The van der Waals surface area contributed by atoms with Gasteiger partial charge in [-0.15, -0.1) is 11.3 Å². The second-order valence-corrected chi connectivity index (χ2v) is 8.80. The first-order valence-electron chi connectivity index (χ1n) is 9.76. The standard InChI is InChI=1S/C22H16ClF3N4OS/c23-18-19(21(31)28-14-8-3-6-12-5-1-2-7-13(12)14)29-30-17(22(24,25)26)11-15(27-20(18)30)16-9-4-10-32-16/h1-10,15,17,27H,11H2,(H,28,31)/t15-,17+/m0/s1. The SMILES string of the molecule is O=C(Nc1cccc2ccccc12)c1nn2c(c1Cl)N[C@H](c1cccs1)C[C@@H]2C(F)(F)F. The zero-order valence-electron chi connectivity index (χ0n) is 16.4. The number of aromatic nitrogens is 2. The average molecular weight is 477 g/mol. The maximum Gasteiger partial charge on any atom is 0.410 e. The van der Waals surface area contributed by atoms with E-state index in [1.807, 2.05) is 30.3 Å². The maximum atomic E-state index is 13.9. The molecule has 10 heteroatoms. The molecule has 4 aromatic rings. The van der Waals surface area contributed by atoms with Crippen molar-refractivity contribution in [2.45, 2.75) is 24.7 Å². The summed E-state index contributed by atoms with van der Waals surface area (Å²) in [5.74, 6) is -0.689. The summed E-state index contributed by atoms with van der Waals surface area (Å²) in [6, 6.07) is 13.9. The van der Waals surface area contributed by atoms with Crippen LogP contribution in [0.5, 0.6) is 0 Å². The minimum atomic E-state index is -4.55. The van der Waals surface area contributed by atoms with Gasteiger partial charge in [0, 0.05) is 22.4 Å². The van der Waals surface area contributed by atoms with Crippen molar-refractivity contribution in [2.24, 2.45) is 0 Å². The van der Waals surface area contributed by atoms with Crippen LogP contribution in [0.4, 0.5) is 24.7 Å². The quantitative estimate of drug-likeness (QED) is 0.347. The van der Waals surface area contributed by atoms with E-state index < -0.39 is 24.2 Å². The van der Waals surface area contributed by atoms with Gasteiger partial charge in [0.2, 0.25) is 0 Å². The highest BCUT2D eigenvalue weighted by Crippen LogP contribution is 2.46. The molecule has 2 N–H and O–H groups in total. The zero-order chi connectivity index (χ0) is 22.5. The number of nitrogens with zero attached hydrogens (tertiary/aromatic N) is 2. The maximum absolute atomic E-state index is 13.9. The minimum Gasteiger partial charge on any atom is -0.361 e. The number of hydrogen-bond donors (Lipinski definition) is 2. The third-order valence-corrected chi connectivity index (χ3v) is 6.78. The highest BCUT2D eigenvalue weighted by atomic mass is 35.5. The molecule has 0 fully saturated rings. The Balaban J connectivity index is 1.52. The molecule has 3 heterocycles. The fourth-order valence-electron chi connectivity index (χ4n) is 3.93. The Hall–Kier alpha value is -3.04. The molecule has 0 spiro atoms. The molecular weight excluding hydrogens is 461 g/mol. The molecule has 2 aromatic heterocycles. The highest BCUT2D eigenvalue weighted by Gasteiger charge is 2.48. The largest absolute Gasteiger partial charge is 0.410 e. The van der Waals surface area contributed by atoms with Gasteiger partial charge < -0.3 is 10.6 Å². The number of hydrogen-bond acceptors (Lipinski definition) is 4. The van der Waals surface area contributed by atoms with E-state index in [-0.39, 0.29) is 23.0 Å². The lowest BCUT2D eigenvalue weighted by Crippen LogP contribution is -2.35. The monoisotopic (exact) mass is 476 g/mol. The number of rotatable bonds is 3. The molecule has 1 amide bonds. The number of carbonyl (C=O) groups excluding carboxylic acids is 1. The van der Waals surface area contributed by atoms with Crippen LogP contribution in [-0.4, -0.2) is 21.9 Å². The Morgan fingerprint density at radius 1 is 1.16 bits per heavy atom. The van der Waals surface area contributed by atoms with E-state index in [1.54, 1.807) is 29.6 Å². The van der Waals surface area contributed by atoms with Crippen molar-refractivity contribution in [1.29, 1.82) is 0 Å². The van der Waals surface area contributed by atoms with Crippen LogP contribution in [0.25, 0.3) is 10.8 Å². The van der Waals surface area contributed by atoms with Crippen molar-refractivity contribution in [3.8, 4) is 0 Å². The number of amides is 1. The van der Waals surface area contributed by atoms with Gasteiger partial charge in [0.15, 0.2) is 11.7 Å². The molecule has 0 saturated heterocycles. The lowest BCUT2D eigenvalue weighted by atomic mass is 10.0. The van der Waals surface area contributed by atoms with E-state index in [0.29, 0.717) is 5.69 Å². The van der Waals surface area contributed by atoms with Crippen LogP contribution < -0.4 is 10.6 Å². The Bertz CT molecular complexity index is 1300. The van der Waals surface area contributed by atoms with Crippen LogP contribution >= 0.6 is 22.9 Å². The number of nitrogens with one attached hydrogen (secondary N) is 2. The van der Waals surface area contributed by atoms with Gasteiger partial charge in [0.1, 0.15) is 10.8 Å². The summed E-state index contributed by atoms with van der Waals surface area (Å²) in [5.41, 5.74) is 0.259. The fourth-order valence-corrected chi connectivity index (χ4v) is 4.98. The van der Waals surface area contributed by atoms with Gasteiger partial charge in [-0.2, -0.15) is 18.3 Å². The molecule has 0 saturated carbocycles. The van der Waals surface area contributed by atoms with Crippen LogP contribution in [0.1, 0.15) is 33.9 Å². The van der Waals surface area contributed by atoms with Gasteiger partial charge in [-0.05, 0) is 22.9 Å². The van der Waals surface area contributed by atoms with Crippen LogP contribution in [0, 0.1) is 0 Å². The van der Waals surface area contributed by atoms with Crippen molar-refractivity contribution < 1.29 is 18.0 Å². The number of halogens is 4. The van der Waals surface area contributed by atoms with Gasteiger partial charge in [-0.25, -0.2) is 4.68 Å². The minimum absolute atomic E-state index is 0.0123. The molecule has 5 nitrogen and oxygen atoms in total. The van der Waals surface area contributed by atoms with Gasteiger partial charge in [-0.3, -0.25) is 4.79 Å². The van der Waals surface area contributed by atoms with Crippen molar-refractivity contribution in [3.05, 3.63) is 75.6 Å². The molecule has 32 heavy (non-hydrogen) atoms. The first-order valence-corrected chi connectivity index (χ1v) is 11.0. The number of thiophene rings is 1. The number of carbonyl (C=O) groups is 1. The molecule has 5 rings (SSSR count). The van der Waals surface area contributed by atoms with E-state index in [4.69, 9.17) is 11.6 Å². The highest BCUT2D eigenvalue weighted by molar-refractivity contribution is 7.10. The van der Waals surface area contributed by atoms with Crippen LogP contribution in [0.2, 0.25) is 5.02 Å². The summed E-state index contributed by atoms with van der Waals surface area (Å²) in [4.78, 5) is 13.7. The normalized spacial score (nSPS) is 18.2. The predicted molar refractivity (Wildman–Crippen MR) is 120 cm³/mol. The van der Waals surface area contributed by atoms with Crippen molar-refractivity contribution in [2.75, 3.05) is 10.6 Å². The van der Waals surface area contributed by atoms with E-state index in [9.17, 15) is 18.0 Å². The molecule has 2 atom stereocenters. The number of anilines is 2. The third kappa shape index (κ3) is 3.61. The number of alkyl halides is 3. The van der Waals surface area contributed by atoms with Gasteiger partial charge in [0.25, 0.3) is 5.91 Å². The summed E-state index contributed by atoms with van der Waals surface area (Å²) < 4.78 is 42.4. The molecule has 2 aromatic carbocycles. The number of benzene rings is 2. The van der Waals surface area contributed by atoms with Crippen LogP contribution in [0.15, 0.2) is 60.0 Å². The molecule has 1 aliphatic rings. The molecule has 164 valence electrons. The lowest BCUT2D eigenvalue weighted by molar-refractivity contribution is -0.173. The van der Waals surface area contributed by atoms with E-state index in [2.05, 4.69) is 15.7 Å². The summed E-state index contributed by atoms with van der Waals surface area (Å²) in [6.07, 6.45) is -4.80. The summed E-state index contributed by atoms with van der Waals surface area (Å²) in [7, 11) is 0.